The molecule has 3 aromatic rings. The van der Waals surface area contributed by atoms with E-state index in [1.165, 1.54) is 6.20 Å². The van der Waals surface area contributed by atoms with Crippen LogP contribution in [0.25, 0.3) is 22.3 Å². The molecule has 4 heterocycles. The van der Waals surface area contributed by atoms with Crippen molar-refractivity contribution in [1.82, 2.24) is 25.4 Å². The summed E-state index contributed by atoms with van der Waals surface area (Å²) in [5, 5.41) is 14.9. The number of anilines is 1. The molecule has 1 atom stereocenters. The number of morpholine rings is 1. The van der Waals surface area contributed by atoms with Crippen LogP contribution >= 0.6 is 0 Å². The second kappa shape index (κ2) is 7.33. The molecule has 0 saturated carbocycles. The number of carbonyl (C=O) groups is 1. The number of aromatic nitrogens is 5. The molecule has 0 bridgehead atoms. The highest BCUT2D eigenvalue weighted by molar-refractivity contribution is 6.09. The van der Waals surface area contributed by atoms with Gasteiger partial charge < -0.3 is 20.1 Å². The Hall–Kier alpha value is -2.98. The molecular weight excluding hydrogens is 350 g/mol. The van der Waals surface area contributed by atoms with Crippen LogP contribution in [0.2, 0.25) is 0 Å². The van der Waals surface area contributed by atoms with Crippen LogP contribution in [0.15, 0.2) is 18.6 Å². The first-order valence-electron chi connectivity index (χ1n) is 8.82. The Morgan fingerprint density at radius 2 is 2.37 bits per heavy atom. The number of nitrogens with one attached hydrogen (secondary N) is 2. The van der Waals surface area contributed by atoms with E-state index >= 15 is 0 Å². The van der Waals surface area contributed by atoms with Crippen molar-refractivity contribution < 1.29 is 14.3 Å². The third-order valence-electron chi connectivity index (χ3n) is 4.56. The van der Waals surface area contributed by atoms with Gasteiger partial charge >= 0.3 is 5.97 Å². The summed E-state index contributed by atoms with van der Waals surface area (Å²) in [4.78, 5) is 19.1. The largest absolute Gasteiger partial charge is 0.462 e. The number of H-pyrrole nitrogens is 2. The molecule has 1 unspecified atom stereocenters. The van der Waals surface area contributed by atoms with Gasteiger partial charge in [0.2, 0.25) is 0 Å². The van der Waals surface area contributed by atoms with Crippen LogP contribution in [0, 0.1) is 0 Å². The minimum atomic E-state index is -0.419. The topological polar surface area (TPSA) is 135 Å². The lowest BCUT2D eigenvalue weighted by atomic mass is 10.1. The average Bonchev–Trinajstić information content (AvgIpc) is 3.36. The molecule has 0 amide bonds. The first kappa shape index (κ1) is 17.4. The van der Waals surface area contributed by atoms with Gasteiger partial charge in [-0.25, -0.2) is 9.78 Å². The van der Waals surface area contributed by atoms with Crippen LogP contribution < -0.4 is 10.6 Å². The average molecular weight is 371 g/mol. The summed E-state index contributed by atoms with van der Waals surface area (Å²) in [5.74, 6) is -0.419. The Bertz CT molecular complexity index is 938. The van der Waals surface area contributed by atoms with Gasteiger partial charge in [0.25, 0.3) is 0 Å². The van der Waals surface area contributed by atoms with E-state index in [1.54, 1.807) is 19.3 Å². The fourth-order valence-corrected chi connectivity index (χ4v) is 3.32. The lowest BCUT2D eigenvalue weighted by Gasteiger charge is -2.35. The zero-order valence-electron chi connectivity index (χ0n) is 14.9. The number of hydrogen-bond donors (Lipinski definition) is 3. The SMILES string of the molecule is CCOC(=O)c1cnc2n[nH]c(-c3cn[nH]c3)c2c1N1CCOC(CN)C1. The van der Waals surface area contributed by atoms with Gasteiger partial charge in [0.05, 0.1) is 42.3 Å². The zero-order valence-corrected chi connectivity index (χ0v) is 14.9. The van der Waals surface area contributed by atoms with Crippen molar-refractivity contribution in [2.45, 2.75) is 13.0 Å². The maximum absolute atomic E-state index is 12.6. The number of pyridine rings is 1. The molecule has 4 rings (SSSR count). The van der Waals surface area contributed by atoms with Gasteiger partial charge in [0.1, 0.15) is 5.56 Å². The standard InChI is InChI=1S/C17H21N7O3/c1-2-26-17(25)12-8-19-16-13(14(22-23-16)10-6-20-21-7-10)15(12)24-3-4-27-11(5-18)9-24/h6-8,11H,2-5,9,18H2,1H3,(H,20,21)(H,19,22,23). The maximum atomic E-state index is 12.6. The van der Waals surface area contributed by atoms with Crippen LogP contribution in [0.4, 0.5) is 5.69 Å². The molecule has 10 nitrogen and oxygen atoms in total. The first-order valence-corrected chi connectivity index (χ1v) is 8.82. The fraction of sp³-hybridized carbons (Fsp3) is 0.412. The summed E-state index contributed by atoms with van der Waals surface area (Å²) in [5.41, 5.74) is 9.01. The molecule has 0 spiro atoms. The number of carbonyl (C=O) groups excluding carboxylic acids is 1. The molecule has 4 N–H and O–H groups in total. The highest BCUT2D eigenvalue weighted by Crippen LogP contribution is 2.36. The Morgan fingerprint density at radius 1 is 1.48 bits per heavy atom. The minimum absolute atomic E-state index is 0.110. The van der Waals surface area contributed by atoms with Crippen molar-refractivity contribution in [2.24, 2.45) is 5.73 Å². The van der Waals surface area contributed by atoms with E-state index in [0.29, 0.717) is 37.5 Å². The molecule has 1 saturated heterocycles. The molecule has 0 aliphatic carbocycles. The van der Waals surface area contributed by atoms with Gasteiger partial charge in [0.15, 0.2) is 5.65 Å². The number of esters is 1. The number of rotatable bonds is 5. The van der Waals surface area contributed by atoms with Crippen molar-refractivity contribution in [1.29, 1.82) is 0 Å². The number of aromatic amines is 2. The summed E-state index contributed by atoms with van der Waals surface area (Å²) in [6, 6.07) is 0. The summed E-state index contributed by atoms with van der Waals surface area (Å²) in [7, 11) is 0. The van der Waals surface area contributed by atoms with Gasteiger partial charge in [-0.15, -0.1) is 0 Å². The monoisotopic (exact) mass is 371 g/mol. The quantitative estimate of drug-likeness (QED) is 0.558. The summed E-state index contributed by atoms with van der Waals surface area (Å²) < 4.78 is 10.9. The van der Waals surface area contributed by atoms with Gasteiger partial charge in [-0.05, 0) is 6.92 Å². The number of nitrogens with zero attached hydrogens (tertiary/aromatic N) is 4. The molecule has 10 heteroatoms. The Kier molecular flexibility index (Phi) is 4.73. The number of hydrogen-bond acceptors (Lipinski definition) is 8. The number of nitrogens with two attached hydrogens (primary N) is 1. The van der Waals surface area contributed by atoms with E-state index in [0.717, 1.165) is 22.3 Å². The predicted molar refractivity (Wildman–Crippen MR) is 98.4 cm³/mol. The molecule has 142 valence electrons. The van der Waals surface area contributed by atoms with Crippen molar-refractivity contribution in [3.63, 3.8) is 0 Å². The van der Waals surface area contributed by atoms with Gasteiger partial charge in [-0.1, -0.05) is 0 Å². The number of fused-ring (bicyclic) bond motifs is 1. The normalized spacial score (nSPS) is 17.4. The minimum Gasteiger partial charge on any atom is -0.462 e. The fourth-order valence-electron chi connectivity index (χ4n) is 3.32. The third-order valence-corrected chi connectivity index (χ3v) is 4.56. The number of ether oxygens (including phenoxy) is 2. The maximum Gasteiger partial charge on any atom is 0.341 e. The van der Waals surface area contributed by atoms with E-state index in [9.17, 15) is 4.79 Å². The van der Waals surface area contributed by atoms with E-state index in [4.69, 9.17) is 15.2 Å². The van der Waals surface area contributed by atoms with Crippen LogP contribution in [-0.4, -0.2) is 70.3 Å². The molecule has 1 aliphatic rings. The predicted octanol–water partition coefficient (Wildman–Crippen LogP) is 0.689. The Labute approximate surface area is 155 Å². The van der Waals surface area contributed by atoms with Crippen LogP contribution in [0.1, 0.15) is 17.3 Å². The smallest absolute Gasteiger partial charge is 0.341 e. The molecule has 0 radical (unpaired) electrons. The molecule has 3 aromatic heterocycles. The van der Waals surface area contributed by atoms with E-state index < -0.39 is 5.97 Å². The summed E-state index contributed by atoms with van der Waals surface area (Å²) in [6.45, 7) is 4.17. The van der Waals surface area contributed by atoms with Gasteiger partial charge in [-0.2, -0.15) is 10.2 Å². The van der Waals surface area contributed by atoms with E-state index in [1.807, 2.05) is 0 Å². The highest BCUT2D eigenvalue weighted by Gasteiger charge is 2.29. The highest BCUT2D eigenvalue weighted by atomic mass is 16.5. The molecule has 1 fully saturated rings. The lowest BCUT2D eigenvalue weighted by molar-refractivity contribution is 0.0456. The van der Waals surface area contributed by atoms with Crippen molar-refractivity contribution in [2.75, 3.05) is 37.7 Å². The first-order chi connectivity index (χ1) is 13.2. The summed E-state index contributed by atoms with van der Waals surface area (Å²) in [6.07, 6.45) is 4.86. The molecule has 27 heavy (non-hydrogen) atoms. The van der Waals surface area contributed by atoms with Crippen molar-refractivity contribution in [3.05, 3.63) is 24.2 Å². The molecular formula is C17H21N7O3. The van der Waals surface area contributed by atoms with Crippen molar-refractivity contribution in [3.8, 4) is 11.3 Å². The van der Waals surface area contributed by atoms with Gasteiger partial charge in [0, 0.05) is 37.6 Å². The molecule has 0 aromatic carbocycles. The Balaban J connectivity index is 1.92. The van der Waals surface area contributed by atoms with Crippen LogP contribution in [0.5, 0.6) is 0 Å². The third kappa shape index (κ3) is 3.13. The van der Waals surface area contributed by atoms with E-state index in [2.05, 4.69) is 30.3 Å². The Morgan fingerprint density at radius 3 is 3.11 bits per heavy atom. The van der Waals surface area contributed by atoms with E-state index in [-0.39, 0.29) is 12.7 Å². The van der Waals surface area contributed by atoms with Crippen LogP contribution in [-0.2, 0) is 9.47 Å². The lowest BCUT2D eigenvalue weighted by Crippen LogP contribution is -2.46. The second-order valence-corrected chi connectivity index (χ2v) is 6.20. The van der Waals surface area contributed by atoms with Gasteiger partial charge in [-0.3, -0.25) is 10.2 Å². The zero-order chi connectivity index (χ0) is 18.8. The molecule has 1 aliphatic heterocycles. The van der Waals surface area contributed by atoms with Crippen LogP contribution in [0.3, 0.4) is 0 Å². The van der Waals surface area contributed by atoms with Crippen molar-refractivity contribution >= 4 is 22.7 Å². The summed E-state index contributed by atoms with van der Waals surface area (Å²) >= 11 is 0. The second-order valence-electron chi connectivity index (χ2n) is 6.20.